The van der Waals surface area contributed by atoms with Crippen LogP contribution in [0.5, 0.6) is 0 Å². The highest BCUT2D eigenvalue weighted by molar-refractivity contribution is 7.99. The van der Waals surface area contributed by atoms with Crippen molar-refractivity contribution in [2.24, 2.45) is 7.05 Å². The lowest BCUT2D eigenvalue weighted by atomic mass is 10.4. The molecule has 0 spiro atoms. The van der Waals surface area contributed by atoms with Crippen molar-refractivity contribution < 1.29 is 4.74 Å². The van der Waals surface area contributed by atoms with E-state index in [9.17, 15) is 0 Å². The lowest BCUT2D eigenvalue weighted by molar-refractivity contribution is 0.199. The van der Waals surface area contributed by atoms with E-state index < -0.39 is 0 Å². The molecular formula is C6H10N4OS. The first-order valence-corrected chi connectivity index (χ1v) is 4.71. The number of hydrogen-bond donors (Lipinski definition) is 0. The van der Waals surface area contributed by atoms with Crippen LogP contribution in [0, 0.1) is 0 Å². The zero-order valence-electron chi connectivity index (χ0n) is 6.80. The highest BCUT2D eigenvalue weighted by atomic mass is 32.2. The molecular weight excluding hydrogens is 176 g/mol. The molecule has 1 aromatic heterocycles. The van der Waals surface area contributed by atoms with Crippen molar-refractivity contribution >= 4 is 11.8 Å². The van der Waals surface area contributed by atoms with Crippen molar-refractivity contribution in [1.29, 1.82) is 0 Å². The maximum Gasteiger partial charge on any atom is 0.209 e. The average molecular weight is 186 g/mol. The summed E-state index contributed by atoms with van der Waals surface area (Å²) < 4.78 is 6.93. The lowest BCUT2D eigenvalue weighted by Crippen LogP contribution is -2.03. The predicted molar refractivity (Wildman–Crippen MR) is 43.9 cm³/mol. The van der Waals surface area contributed by atoms with Gasteiger partial charge in [-0.05, 0) is 16.8 Å². The molecule has 0 aliphatic carbocycles. The molecule has 1 aliphatic rings. The monoisotopic (exact) mass is 186 g/mol. The molecule has 0 saturated carbocycles. The Morgan fingerprint density at radius 2 is 2.58 bits per heavy atom. The third-order valence-corrected chi connectivity index (χ3v) is 3.00. The number of nitrogens with zero attached hydrogens (tertiary/aromatic N) is 4. The van der Waals surface area contributed by atoms with Gasteiger partial charge in [-0.3, -0.25) is 0 Å². The molecule has 2 heterocycles. The number of tetrazole rings is 1. The van der Waals surface area contributed by atoms with Gasteiger partial charge >= 0.3 is 0 Å². The van der Waals surface area contributed by atoms with Gasteiger partial charge in [-0.1, -0.05) is 11.8 Å². The standard InChI is InChI=1S/C6H10N4OS/c1-10-6(7-8-9-10)12-5-2-3-11-4-5/h5H,2-4H2,1H3. The van der Waals surface area contributed by atoms with Crippen molar-refractivity contribution in [2.75, 3.05) is 13.2 Å². The van der Waals surface area contributed by atoms with Crippen molar-refractivity contribution in [1.82, 2.24) is 20.2 Å². The van der Waals surface area contributed by atoms with Crippen LogP contribution in [0.4, 0.5) is 0 Å². The number of aromatic nitrogens is 4. The smallest absolute Gasteiger partial charge is 0.209 e. The van der Waals surface area contributed by atoms with Gasteiger partial charge in [0.25, 0.3) is 0 Å². The Kier molecular flexibility index (Phi) is 2.27. The fraction of sp³-hybridized carbons (Fsp3) is 0.833. The van der Waals surface area contributed by atoms with Crippen LogP contribution in [-0.2, 0) is 11.8 Å². The molecule has 0 bridgehead atoms. The lowest BCUT2D eigenvalue weighted by Gasteiger charge is -2.03. The number of thioether (sulfide) groups is 1. The first-order chi connectivity index (χ1) is 5.86. The fourth-order valence-corrected chi connectivity index (χ4v) is 2.03. The Bertz CT molecular complexity index is 258. The van der Waals surface area contributed by atoms with Gasteiger partial charge in [0.15, 0.2) is 0 Å². The van der Waals surface area contributed by atoms with Crippen LogP contribution in [0.15, 0.2) is 5.16 Å². The minimum Gasteiger partial charge on any atom is -0.380 e. The van der Waals surface area contributed by atoms with Crippen molar-refractivity contribution in [2.45, 2.75) is 16.8 Å². The SMILES string of the molecule is Cn1nnnc1SC1CCOC1. The first kappa shape index (κ1) is 8.00. The topological polar surface area (TPSA) is 52.8 Å². The van der Waals surface area contributed by atoms with Gasteiger partial charge in [0.05, 0.1) is 6.61 Å². The predicted octanol–water partition coefficient (Wildman–Crippen LogP) is 0.0911. The highest BCUT2D eigenvalue weighted by Crippen LogP contribution is 2.25. The third-order valence-electron chi connectivity index (χ3n) is 1.74. The summed E-state index contributed by atoms with van der Waals surface area (Å²) in [5.41, 5.74) is 0. The second-order valence-electron chi connectivity index (χ2n) is 2.69. The molecule has 0 amide bonds. The van der Waals surface area contributed by atoms with Crippen molar-refractivity contribution in [3.63, 3.8) is 0 Å². The van der Waals surface area contributed by atoms with E-state index in [0.717, 1.165) is 24.8 Å². The van der Waals surface area contributed by atoms with Gasteiger partial charge in [-0.25, -0.2) is 4.68 Å². The van der Waals surface area contributed by atoms with Crippen molar-refractivity contribution in [3.8, 4) is 0 Å². The third kappa shape index (κ3) is 1.59. The first-order valence-electron chi connectivity index (χ1n) is 3.83. The molecule has 2 rings (SSSR count). The summed E-state index contributed by atoms with van der Waals surface area (Å²) in [4.78, 5) is 0. The largest absolute Gasteiger partial charge is 0.380 e. The molecule has 1 atom stereocenters. The summed E-state index contributed by atoms with van der Waals surface area (Å²) >= 11 is 1.69. The molecule has 6 heteroatoms. The van der Waals surface area contributed by atoms with Crippen molar-refractivity contribution in [3.05, 3.63) is 0 Å². The highest BCUT2D eigenvalue weighted by Gasteiger charge is 2.19. The molecule has 12 heavy (non-hydrogen) atoms. The van der Waals surface area contributed by atoms with Gasteiger partial charge in [0, 0.05) is 18.9 Å². The van der Waals surface area contributed by atoms with E-state index in [1.165, 1.54) is 0 Å². The Hall–Kier alpha value is -0.620. The van der Waals surface area contributed by atoms with E-state index in [-0.39, 0.29) is 0 Å². The van der Waals surface area contributed by atoms with E-state index in [4.69, 9.17) is 4.74 Å². The van der Waals surface area contributed by atoms with Gasteiger partial charge < -0.3 is 4.74 Å². The van der Waals surface area contributed by atoms with Crippen LogP contribution in [-0.4, -0.2) is 38.7 Å². The van der Waals surface area contributed by atoms with Crippen LogP contribution in [0.2, 0.25) is 0 Å². The zero-order valence-corrected chi connectivity index (χ0v) is 7.62. The van der Waals surface area contributed by atoms with E-state index in [2.05, 4.69) is 15.5 Å². The maximum atomic E-state index is 5.25. The number of hydrogen-bond acceptors (Lipinski definition) is 5. The van der Waals surface area contributed by atoms with Crippen LogP contribution in [0.25, 0.3) is 0 Å². The summed E-state index contributed by atoms with van der Waals surface area (Å²) in [7, 11) is 1.85. The fourth-order valence-electron chi connectivity index (χ4n) is 1.08. The van der Waals surface area contributed by atoms with E-state index in [0.29, 0.717) is 5.25 Å². The van der Waals surface area contributed by atoms with Crippen LogP contribution in [0.3, 0.4) is 0 Å². The number of rotatable bonds is 2. The Morgan fingerprint density at radius 1 is 1.67 bits per heavy atom. The van der Waals surface area contributed by atoms with Gasteiger partial charge in [0.1, 0.15) is 0 Å². The van der Waals surface area contributed by atoms with Crippen LogP contribution < -0.4 is 0 Å². The zero-order chi connectivity index (χ0) is 8.39. The molecule has 1 unspecified atom stereocenters. The summed E-state index contributed by atoms with van der Waals surface area (Å²) in [5, 5.41) is 12.6. The van der Waals surface area contributed by atoms with E-state index in [1.54, 1.807) is 16.4 Å². The number of ether oxygens (including phenoxy) is 1. The molecule has 66 valence electrons. The van der Waals surface area contributed by atoms with Gasteiger partial charge in [-0.2, -0.15) is 0 Å². The quantitative estimate of drug-likeness (QED) is 0.655. The number of aryl methyl sites for hydroxylation is 1. The molecule has 1 saturated heterocycles. The second kappa shape index (κ2) is 3.40. The average Bonchev–Trinajstić information content (AvgIpc) is 2.65. The summed E-state index contributed by atoms with van der Waals surface area (Å²) in [6.45, 7) is 1.68. The van der Waals surface area contributed by atoms with Gasteiger partial charge in [0.2, 0.25) is 5.16 Å². The second-order valence-corrected chi connectivity index (χ2v) is 3.96. The van der Waals surface area contributed by atoms with Crippen LogP contribution in [0.1, 0.15) is 6.42 Å². The molecule has 0 N–H and O–H groups in total. The van der Waals surface area contributed by atoms with Crippen LogP contribution >= 0.6 is 11.8 Å². The Balaban J connectivity index is 1.98. The summed E-state index contributed by atoms with van der Waals surface area (Å²) in [5.74, 6) is 0. The molecule has 5 nitrogen and oxygen atoms in total. The Labute approximate surface area is 74.5 Å². The molecule has 1 fully saturated rings. The Morgan fingerprint density at radius 3 is 3.17 bits per heavy atom. The minimum absolute atomic E-state index is 0.523. The summed E-state index contributed by atoms with van der Waals surface area (Å²) in [6.07, 6.45) is 1.09. The molecule has 1 aromatic rings. The molecule has 0 radical (unpaired) electrons. The normalized spacial score (nSPS) is 23.2. The summed E-state index contributed by atoms with van der Waals surface area (Å²) in [6, 6.07) is 0. The van der Waals surface area contributed by atoms with E-state index in [1.807, 2.05) is 7.05 Å². The maximum absolute atomic E-state index is 5.25. The van der Waals surface area contributed by atoms with Gasteiger partial charge in [-0.15, -0.1) is 5.10 Å². The van der Waals surface area contributed by atoms with E-state index >= 15 is 0 Å². The molecule has 1 aliphatic heterocycles. The minimum atomic E-state index is 0.523. The molecule has 0 aromatic carbocycles.